The SMILES string of the molecule is Cc1cc(NC(=O)N2CCC3CCC(C2)S3=O)nn1-c1cccc(Cl)c1. The van der Waals surface area contributed by atoms with Crippen molar-refractivity contribution >= 4 is 34.2 Å². The minimum Gasteiger partial charge on any atom is -0.323 e. The topological polar surface area (TPSA) is 67.2 Å². The summed E-state index contributed by atoms with van der Waals surface area (Å²) < 4.78 is 14.0. The van der Waals surface area contributed by atoms with Crippen LogP contribution in [-0.4, -0.2) is 48.5 Å². The van der Waals surface area contributed by atoms with Crippen LogP contribution in [0.5, 0.6) is 0 Å². The average Bonchev–Trinajstić information content (AvgIpc) is 3.06. The van der Waals surface area contributed by atoms with Gasteiger partial charge in [-0.1, -0.05) is 17.7 Å². The van der Waals surface area contributed by atoms with Gasteiger partial charge >= 0.3 is 6.03 Å². The van der Waals surface area contributed by atoms with Crippen molar-refractivity contribution in [3.63, 3.8) is 0 Å². The normalized spacial score (nSPS) is 25.2. The number of carbonyl (C=O) groups excluding carboxylic acids is 1. The number of carbonyl (C=O) groups is 1. The third kappa shape index (κ3) is 3.38. The Balaban J connectivity index is 1.48. The molecule has 2 aliphatic rings. The van der Waals surface area contributed by atoms with E-state index in [0.717, 1.165) is 30.6 Å². The molecule has 3 heterocycles. The van der Waals surface area contributed by atoms with Crippen LogP contribution in [-0.2, 0) is 10.8 Å². The fraction of sp³-hybridized carbons (Fsp3) is 0.444. The predicted molar refractivity (Wildman–Crippen MR) is 103 cm³/mol. The van der Waals surface area contributed by atoms with Gasteiger partial charge in [0.2, 0.25) is 0 Å². The second-order valence-corrected chi connectivity index (χ2v) is 9.30. The third-order valence-corrected chi connectivity index (χ3v) is 7.48. The van der Waals surface area contributed by atoms with Crippen LogP contribution in [0.2, 0.25) is 5.02 Å². The van der Waals surface area contributed by atoms with Crippen LogP contribution in [0.3, 0.4) is 0 Å². The standard InChI is InChI=1S/C18H21ClN4O2S/c1-12-9-17(21-23(12)14-4-2-3-13(19)10-14)20-18(24)22-8-7-15-5-6-16(11-22)26(15)25/h2-4,9-10,15-16H,5-8,11H2,1H3,(H,20,21,24). The summed E-state index contributed by atoms with van der Waals surface area (Å²) >= 11 is 6.06. The van der Waals surface area contributed by atoms with Crippen molar-refractivity contribution in [1.29, 1.82) is 0 Å². The maximum Gasteiger partial charge on any atom is 0.323 e. The molecule has 3 unspecified atom stereocenters. The Morgan fingerprint density at radius 1 is 1.27 bits per heavy atom. The summed E-state index contributed by atoms with van der Waals surface area (Å²) in [6, 6.07) is 9.07. The van der Waals surface area contributed by atoms with Gasteiger partial charge in [-0.05, 0) is 44.4 Å². The highest BCUT2D eigenvalue weighted by molar-refractivity contribution is 7.86. The van der Waals surface area contributed by atoms with Gasteiger partial charge in [0.25, 0.3) is 0 Å². The van der Waals surface area contributed by atoms with Crippen molar-refractivity contribution in [1.82, 2.24) is 14.7 Å². The van der Waals surface area contributed by atoms with Gasteiger partial charge in [-0.15, -0.1) is 5.10 Å². The number of nitrogens with one attached hydrogen (secondary N) is 1. The number of benzene rings is 1. The van der Waals surface area contributed by atoms with Crippen LogP contribution in [0.15, 0.2) is 30.3 Å². The quantitative estimate of drug-likeness (QED) is 0.852. The molecule has 0 saturated carbocycles. The molecule has 1 N–H and O–H groups in total. The van der Waals surface area contributed by atoms with Crippen LogP contribution in [0, 0.1) is 6.92 Å². The minimum atomic E-state index is -0.800. The van der Waals surface area contributed by atoms with Crippen molar-refractivity contribution in [2.75, 3.05) is 18.4 Å². The van der Waals surface area contributed by atoms with Crippen LogP contribution >= 0.6 is 11.6 Å². The van der Waals surface area contributed by atoms with Crippen molar-refractivity contribution in [2.45, 2.75) is 36.7 Å². The molecule has 2 aromatic rings. The molecule has 138 valence electrons. The number of halogens is 1. The lowest BCUT2D eigenvalue weighted by Gasteiger charge is -2.23. The number of hydrogen-bond acceptors (Lipinski definition) is 3. The largest absolute Gasteiger partial charge is 0.323 e. The molecule has 2 saturated heterocycles. The third-order valence-electron chi connectivity index (χ3n) is 5.08. The molecule has 6 nitrogen and oxygen atoms in total. The first-order valence-corrected chi connectivity index (χ1v) is 10.4. The molecule has 1 aromatic carbocycles. The molecular weight excluding hydrogens is 372 g/mol. The van der Waals surface area contributed by atoms with Crippen LogP contribution in [0.1, 0.15) is 25.0 Å². The number of urea groups is 1. The molecule has 2 amide bonds. The number of nitrogens with zero attached hydrogens (tertiary/aromatic N) is 3. The fourth-order valence-electron chi connectivity index (χ4n) is 3.72. The van der Waals surface area contributed by atoms with Crippen molar-refractivity contribution in [3.05, 3.63) is 41.0 Å². The van der Waals surface area contributed by atoms with Crippen molar-refractivity contribution in [3.8, 4) is 5.69 Å². The molecule has 0 spiro atoms. The number of amides is 2. The van der Waals surface area contributed by atoms with E-state index in [1.807, 2.05) is 37.3 Å². The van der Waals surface area contributed by atoms with Crippen molar-refractivity contribution in [2.24, 2.45) is 0 Å². The molecule has 4 rings (SSSR count). The lowest BCUT2D eigenvalue weighted by molar-refractivity contribution is 0.209. The number of anilines is 1. The smallest absolute Gasteiger partial charge is 0.323 e. The van der Waals surface area contributed by atoms with E-state index in [1.165, 1.54) is 0 Å². The Kier molecular flexibility index (Phi) is 4.75. The average molecular weight is 393 g/mol. The Labute approximate surface area is 160 Å². The minimum absolute atomic E-state index is 0.110. The van der Waals surface area contributed by atoms with E-state index in [4.69, 9.17) is 11.6 Å². The lowest BCUT2D eigenvalue weighted by Crippen LogP contribution is -2.40. The van der Waals surface area contributed by atoms with Crippen LogP contribution < -0.4 is 5.32 Å². The summed E-state index contributed by atoms with van der Waals surface area (Å²) in [5, 5.41) is 8.36. The molecule has 26 heavy (non-hydrogen) atoms. The van der Waals surface area contributed by atoms with Gasteiger partial charge in [0.1, 0.15) is 0 Å². The number of rotatable bonds is 2. The zero-order valence-corrected chi connectivity index (χ0v) is 16.1. The summed E-state index contributed by atoms with van der Waals surface area (Å²) in [7, 11) is -0.800. The Morgan fingerprint density at radius 2 is 2.08 bits per heavy atom. The van der Waals surface area contributed by atoms with Crippen molar-refractivity contribution < 1.29 is 9.00 Å². The highest BCUT2D eigenvalue weighted by atomic mass is 35.5. The van der Waals surface area contributed by atoms with E-state index in [-0.39, 0.29) is 16.5 Å². The first kappa shape index (κ1) is 17.5. The summed E-state index contributed by atoms with van der Waals surface area (Å²) in [6.45, 7) is 3.13. The maximum absolute atomic E-state index is 12.7. The number of aromatic nitrogens is 2. The van der Waals surface area contributed by atoms with Gasteiger partial charge in [-0.3, -0.25) is 9.53 Å². The fourth-order valence-corrected chi connectivity index (χ4v) is 5.85. The van der Waals surface area contributed by atoms with Gasteiger partial charge in [-0.25, -0.2) is 9.48 Å². The van der Waals surface area contributed by atoms with E-state index < -0.39 is 10.8 Å². The predicted octanol–water partition coefficient (Wildman–Crippen LogP) is 3.35. The summed E-state index contributed by atoms with van der Waals surface area (Å²) in [5.41, 5.74) is 1.75. The first-order valence-electron chi connectivity index (χ1n) is 8.79. The van der Waals surface area contributed by atoms with E-state index >= 15 is 0 Å². The highest BCUT2D eigenvalue weighted by Gasteiger charge is 2.38. The molecule has 3 atom stereocenters. The van der Waals surface area contributed by atoms with E-state index in [9.17, 15) is 9.00 Å². The summed E-state index contributed by atoms with van der Waals surface area (Å²) in [4.78, 5) is 14.4. The van der Waals surface area contributed by atoms with Gasteiger partial charge in [0.05, 0.1) is 10.9 Å². The van der Waals surface area contributed by atoms with Crippen LogP contribution in [0.25, 0.3) is 5.69 Å². The molecule has 0 radical (unpaired) electrons. The second-order valence-electron chi connectivity index (χ2n) is 6.88. The highest BCUT2D eigenvalue weighted by Crippen LogP contribution is 2.30. The summed E-state index contributed by atoms with van der Waals surface area (Å²) in [5.74, 6) is 0.503. The van der Waals surface area contributed by atoms with Gasteiger partial charge in [0, 0.05) is 45.9 Å². The Bertz CT molecular complexity index is 869. The number of aryl methyl sites for hydroxylation is 1. The number of likely N-dealkylation sites (tertiary alicyclic amines) is 1. The number of fused-ring (bicyclic) bond motifs is 2. The molecule has 0 aliphatic carbocycles. The monoisotopic (exact) mass is 392 g/mol. The van der Waals surface area contributed by atoms with E-state index in [1.54, 1.807) is 9.58 Å². The molecular formula is C18H21ClN4O2S. The van der Waals surface area contributed by atoms with Crippen LogP contribution in [0.4, 0.5) is 10.6 Å². The zero-order chi connectivity index (χ0) is 18.3. The summed E-state index contributed by atoms with van der Waals surface area (Å²) in [6.07, 6.45) is 2.78. The molecule has 2 aliphatic heterocycles. The first-order chi connectivity index (χ1) is 12.5. The Morgan fingerprint density at radius 3 is 2.88 bits per heavy atom. The lowest BCUT2D eigenvalue weighted by atomic mass is 10.1. The molecule has 2 bridgehead atoms. The van der Waals surface area contributed by atoms with E-state index in [2.05, 4.69) is 10.4 Å². The van der Waals surface area contributed by atoms with Gasteiger partial charge in [0.15, 0.2) is 5.82 Å². The zero-order valence-electron chi connectivity index (χ0n) is 14.5. The van der Waals surface area contributed by atoms with Gasteiger partial charge < -0.3 is 4.90 Å². The maximum atomic E-state index is 12.7. The number of hydrogen-bond donors (Lipinski definition) is 1. The van der Waals surface area contributed by atoms with E-state index in [0.29, 0.717) is 23.9 Å². The van der Waals surface area contributed by atoms with Gasteiger partial charge in [-0.2, -0.15) is 0 Å². The molecule has 2 fully saturated rings. The molecule has 1 aromatic heterocycles. The second kappa shape index (κ2) is 7.04. The Hall–Kier alpha value is -1.86. The molecule has 8 heteroatoms.